The first-order valence-electron chi connectivity index (χ1n) is 4.08. The van der Waals surface area contributed by atoms with E-state index in [1.807, 2.05) is 13.8 Å². The van der Waals surface area contributed by atoms with Gasteiger partial charge in [-0.1, -0.05) is 6.92 Å². The van der Waals surface area contributed by atoms with E-state index in [4.69, 9.17) is 5.11 Å². The van der Waals surface area contributed by atoms with Gasteiger partial charge in [0.2, 0.25) is 0 Å². The molecule has 72 valence electrons. The van der Waals surface area contributed by atoms with E-state index < -0.39 is 11.5 Å². The summed E-state index contributed by atoms with van der Waals surface area (Å²) in [7, 11) is 0. The lowest BCUT2D eigenvalue weighted by atomic mass is 10.0. The summed E-state index contributed by atoms with van der Waals surface area (Å²) in [5.41, 5.74) is -0.904. The molecule has 0 aromatic rings. The molecule has 0 saturated heterocycles. The summed E-state index contributed by atoms with van der Waals surface area (Å²) in [6.07, 6.45) is 0.913. The topological polar surface area (TPSA) is 49.3 Å². The molecule has 2 N–H and O–H groups in total. The summed E-state index contributed by atoms with van der Waals surface area (Å²) >= 11 is 4.01. The Hall–Kier alpha value is -0.220. The van der Waals surface area contributed by atoms with Gasteiger partial charge in [-0.15, -0.1) is 0 Å². The van der Waals surface area contributed by atoms with E-state index in [-0.39, 0.29) is 6.04 Å². The highest BCUT2D eigenvalue weighted by Gasteiger charge is 2.32. The van der Waals surface area contributed by atoms with Crippen molar-refractivity contribution in [2.45, 2.75) is 38.8 Å². The third-order valence-corrected chi connectivity index (χ3v) is 2.60. The van der Waals surface area contributed by atoms with E-state index in [9.17, 15) is 4.79 Å². The molecule has 0 fully saturated rings. The van der Waals surface area contributed by atoms with E-state index in [0.717, 1.165) is 6.42 Å². The van der Waals surface area contributed by atoms with Crippen LogP contribution in [-0.4, -0.2) is 28.4 Å². The van der Waals surface area contributed by atoms with Crippen LogP contribution >= 0.6 is 12.6 Å². The second-order valence-corrected chi connectivity index (χ2v) is 3.57. The SMILES string of the molecule is CCC(C)NC(C)(CS)C(=O)O. The molecule has 0 aliphatic rings. The van der Waals surface area contributed by atoms with Gasteiger partial charge < -0.3 is 5.11 Å². The normalized spacial score (nSPS) is 18.3. The van der Waals surface area contributed by atoms with E-state index in [1.54, 1.807) is 6.92 Å². The Bertz CT molecular complexity index is 163. The zero-order valence-corrected chi connectivity index (χ0v) is 8.69. The molecule has 2 atom stereocenters. The molecule has 0 aliphatic heterocycles. The van der Waals surface area contributed by atoms with Gasteiger partial charge in [0.15, 0.2) is 0 Å². The highest BCUT2D eigenvalue weighted by molar-refractivity contribution is 7.80. The van der Waals surface area contributed by atoms with Gasteiger partial charge >= 0.3 is 5.97 Å². The van der Waals surface area contributed by atoms with Crippen LogP contribution in [0.3, 0.4) is 0 Å². The molecule has 0 aromatic heterocycles. The molecule has 12 heavy (non-hydrogen) atoms. The largest absolute Gasteiger partial charge is 0.480 e. The fourth-order valence-electron chi connectivity index (χ4n) is 0.821. The first kappa shape index (κ1) is 11.8. The molecule has 0 saturated carbocycles. The predicted molar refractivity (Wildman–Crippen MR) is 52.8 cm³/mol. The van der Waals surface area contributed by atoms with Crippen LogP contribution in [-0.2, 0) is 4.79 Å². The fourth-order valence-corrected chi connectivity index (χ4v) is 1.05. The van der Waals surface area contributed by atoms with Gasteiger partial charge in [-0.25, -0.2) is 0 Å². The van der Waals surface area contributed by atoms with Crippen LogP contribution < -0.4 is 5.32 Å². The molecule has 4 heteroatoms. The highest BCUT2D eigenvalue weighted by Crippen LogP contribution is 2.08. The van der Waals surface area contributed by atoms with Crippen molar-refractivity contribution in [3.63, 3.8) is 0 Å². The quantitative estimate of drug-likeness (QED) is 0.571. The van der Waals surface area contributed by atoms with Crippen molar-refractivity contribution in [2.24, 2.45) is 0 Å². The molecule has 0 amide bonds. The van der Waals surface area contributed by atoms with Gasteiger partial charge in [0.25, 0.3) is 0 Å². The maximum Gasteiger partial charge on any atom is 0.324 e. The van der Waals surface area contributed by atoms with Crippen molar-refractivity contribution < 1.29 is 9.90 Å². The van der Waals surface area contributed by atoms with Crippen LogP contribution in [0.5, 0.6) is 0 Å². The minimum atomic E-state index is -0.904. The third kappa shape index (κ3) is 3.03. The first-order chi connectivity index (χ1) is 5.46. The van der Waals surface area contributed by atoms with E-state index in [0.29, 0.717) is 5.75 Å². The van der Waals surface area contributed by atoms with Crippen molar-refractivity contribution in [3.8, 4) is 0 Å². The van der Waals surface area contributed by atoms with Crippen LogP contribution in [0, 0.1) is 0 Å². The maximum absolute atomic E-state index is 10.8. The number of hydrogen-bond donors (Lipinski definition) is 3. The third-order valence-electron chi connectivity index (χ3n) is 1.97. The fraction of sp³-hybridized carbons (Fsp3) is 0.875. The molecule has 0 aliphatic carbocycles. The summed E-state index contributed by atoms with van der Waals surface area (Å²) in [5, 5.41) is 11.9. The molecule has 3 nitrogen and oxygen atoms in total. The summed E-state index contributed by atoms with van der Waals surface area (Å²) in [4.78, 5) is 10.8. The van der Waals surface area contributed by atoms with Crippen LogP contribution in [0.4, 0.5) is 0 Å². The number of rotatable bonds is 5. The number of carboxylic acids is 1. The zero-order valence-electron chi connectivity index (χ0n) is 7.79. The van der Waals surface area contributed by atoms with Crippen LogP contribution in [0.1, 0.15) is 27.2 Å². The minimum absolute atomic E-state index is 0.207. The number of aliphatic carboxylic acids is 1. The summed E-state index contributed by atoms with van der Waals surface area (Å²) in [5.74, 6) is -0.551. The minimum Gasteiger partial charge on any atom is -0.480 e. The van der Waals surface area contributed by atoms with Crippen molar-refractivity contribution >= 4 is 18.6 Å². The summed E-state index contributed by atoms with van der Waals surface area (Å²) < 4.78 is 0. The first-order valence-corrected chi connectivity index (χ1v) is 4.71. The number of hydrogen-bond acceptors (Lipinski definition) is 3. The van der Waals surface area contributed by atoms with Crippen LogP contribution in [0.25, 0.3) is 0 Å². The van der Waals surface area contributed by atoms with Gasteiger partial charge in [-0.2, -0.15) is 12.6 Å². The molecule has 2 unspecified atom stereocenters. The molecular formula is C8H17NO2S. The Kier molecular flexibility index (Phi) is 4.63. The predicted octanol–water partition coefficient (Wildman–Crippen LogP) is 1.15. The van der Waals surface area contributed by atoms with Crippen molar-refractivity contribution in [3.05, 3.63) is 0 Å². The van der Waals surface area contributed by atoms with Gasteiger partial charge in [0.1, 0.15) is 5.54 Å². The molecule has 0 spiro atoms. The van der Waals surface area contributed by atoms with Gasteiger partial charge in [-0.3, -0.25) is 10.1 Å². The van der Waals surface area contributed by atoms with Gasteiger partial charge in [0, 0.05) is 11.8 Å². The lowest BCUT2D eigenvalue weighted by molar-refractivity contribution is -0.143. The average Bonchev–Trinajstić information content (AvgIpc) is 2.03. The van der Waals surface area contributed by atoms with Crippen LogP contribution in [0.15, 0.2) is 0 Å². The lowest BCUT2D eigenvalue weighted by Crippen LogP contribution is -2.54. The second-order valence-electron chi connectivity index (χ2n) is 3.25. The van der Waals surface area contributed by atoms with E-state index >= 15 is 0 Å². The molecule has 0 rings (SSSR count). The smallest absolute Gasteiger partial charge is 0.324 e. The molecular weight excluding hydrogens is 174 g/mol. The average molecular weight is 191 g/mol. The summed E-state index contributed by atoms with van der Waals surface area (Å²) in [6, 6.07) is 0.207. The maximum atomic E-state index is 10.8. The Labute approximate surface area is 79.0 Å². The van der Waals surface area contributed by atoms with Crippen molar-refractivity contribution in [1.29, 1.82) is 0 Å². The second kappa shape index (κ2) is 4.72. The number of carbonyl (C=O) groups is 1. The zero-order chi connectivity index (χ0) is 9.78. The van der Waals surface area contributed by atoms with Crippen molar-refractivity contribution in [2.75, 3.05) is 5.75 Å². The Morgan fingerprint density at radius 2 is 2.25 bits per heavy atom. The van der Waals surface area contributed by atoms with E-state index in [2.05, 4.69) is 17.9 Å². The Morgan fingerprint density at radius 1 is 1.75 bits per heavy atom. The van der Waals surface area contributed by atoms with Gasteiger partial charge in [0.05, 0.1) is 0 Å². The molecule has 0 aromatic carbocycles. The van der Waals surface area contributed by atoms with Crippen molar-refractivity contribution in [1.82, 2.24) is 5.32 Å². The van der Waals surface area contributed by atoms with E-state index in [1.165, 1.54) is 0 Å². The van der Waals surface area contributed by atoms with Gasteiger partial charge in [-0.05, 0) is 20.3 Å². The molecule has 0 heterocycles. The number of nitrogens with one attached hydrogen (secondary N) is 1. The number of carboxylic acid groups (broad SMARTS) is 1. The number of thiol groups is 1. The van der Waals surface area contributed by atoms with Crippen LogP contribution in [0.2, 0.25) is 0 Å². The lowest BCUT2D eigenvalue weighted by Gasteiger charge is -2.27. The Morgan fingerprint density at radius 3 is 2.50 bits per heavy atom. The molecule has 0 radical (unpaired) electrons. The highest BCUT2D eigenvalue weighted by atomic mass is 32.1. The standard InChI is InChI=1S/C8H17NO2S/c1-4-6(2)9-8(3,5-12)7(10)11/h6,9,12H,4-5H2,1-3H3,(H,10,11). The Balaban J connectivity index is 4.23. The molecule has 0 bridgehead atoms. The monoisotopic (exact) mass is 191 g/mol. The summed E-state index contributed by atoms with van der Waals surface area (Å²) in [6.45, 7) is 5.62.